The Bertz CT molecular complexity index is 229. The molecule has 0 aromatic heterocycles. The van der Waals surface area contributed by atoms with Gasteiger partial charge in [0.25, 0.3) is 0 Å². The van der Waals surface area contributed by atoms with Crippen LogP contribution in [0.4, 0.5) is 0 Å². The summed E-state index contributed by atoms with van der Waals surface area (Å²) in [7, 11) is -4.61. The quantitative estimate of drug-likeness (QED) is 0.464. The third-order valence-corrected chi connectivity index (χ3v) is 1.61. The molecule has 0 saturated carbocycles. The molecule has 0 unspecified atom stereocenters. The zero-order valence-electron chi connectivity index (χ0n) is 5.43. The highest BCUT2D eigenvalue weighted by molar-refractivity contribution is 7.85. The number of ketones is 1. The molecule has 0 amide bonds. The van der Waals surface area contributed by atoms with Gasteiger partial charge in [-0.3, -0.25) is 4.79 Å². The Kier molecular flexibility index (Phi) is 3.59. The van der Waals surface area contributed by atoms with E-state index < -0.39 is 34.4 Å². The third kappa shape index (κ3) is 4.85. The van der Waals surface area contributed by atoms with Crippen LogP contribution in [0.5, 0.6) is 0 Å². The first-order valence-electron chi connectivity index (χ1n) is 2.62. The molecule has 0 radical (unpaired) electrons. The number of rotatable bonds is 4. The molecule has 7 heteroatoms. The average molecular weight is 183 g/mol. The Morgan fingerprint density at radius 2 is 2.00 bits per heavy atom. The van der Waals surface area contributed by atoms with E-state index >= 15 is 0 Å². The molecule has 0 aliphatic rings. The van der Waals surface area contributed by atoms with Crippen molar-refractivity contribution in [3.05, 3.63) is 0 Å². The van der Waals surface area contributed by atoms with Crippen molar-refractivity contribution in [1.29, 1.82) is 0 Å². The number of aliphatic hydroxyl groups excluding tert-OH is 2. The highest BCUT2D eigenvalue weighted by Gasteiger charge is 2.16. The maximum Gasteiger partial charge on any atom is 0.187 e. The van der Waals surface area contributed by atoms with E-state index in [-0.39, 0.29) is 0 Å². The van der Waals surface area contributed by atoms with Gasteiger partial charge >= 0.3 is 0 Å². The fourth-order valence-electron chi connectivity index (χ4n) is 0.392. The molecule has 66 valence electrons. The van der Waals surface area contributed by atoms with E-state index in [0.29, 0.717) is 0 Å². The van der Waals surface area contributed by atoms with Gasteiger partial charge in [0.2, 0.25) is 0 Å². The lowest BCUT2D eigenvalue weighted by molar-refractivity contribution is -0.128. The summed E-state index contributed by atoms with van der Waals surface area (Å²) in [4.78, 5) is 10.3. The second-order valence-corrected chi connectivity index (χ2v) is 3.31. The van der Waals surface area contributed by atoms with Gasteiger partial charge in [-0.2, -0.15) is 0 Å². The minimum Gasteiger partial charge on any atom is -0.748 e. The topological polar surface area (TPSA) is 115 Å². The van der Waals surface area contributed by atoms with Gasteiger partial charge in [-0.15, -0.1) is 0 Å². The van der Waals surface area contributed by atoms with Gasteiger partial charge in [-0.25, -0.2) is 8.42 Å². The third-order valence-electron chi connectivity index (χ3n) is 0.889. The standard InChI is InChI=1S/C4H8O6S/c5-1-3(6)4(7)2-11(8,9)10/h4-5,7H,1-2H2,(H,8,9,10)/p-1/t4-/m1/s1. The molecule has 2 N–H and O–H groups in total. The summed E-state index contributed by atoms with van der Waals surface area (Å²) in [6, 6.07) is 0. The van der Waals surface area contributed by atoms with Crippen LogP contribution in [0.15, 0.2) is 0 Å². The van der Waals surface area contributed by atoms with E-state index in [1.165, 1.54) is 0 Å². The normalized spacial score (nSPS) is 14.5. The maximum absolute atomic E-state index is 10.3. The Morgan fingerprint density at radius 1 is 1.55 bits per heavy atom. The molecule has 0 heterocycles. The number of hydrogen-bond acceptors (Lipinski definition) is 6. The van der Waals surface area contributed by atoms with Gasteiger partial charge in [-0.1, -0.05) is 0 Å². The number of carbonyl (C=O) groups is 1. The van der Waals surface area contributed by atoms with Crippen LogP contribution < -0.4 is 0 Å². The highest BCUT2D eigenvalue weighted by atomic mass is 32.2. The van der Waals surface area contributed by atoms with Crippen molar-refractivity contribution in [3.8, 4) is 0 Å². The molecule has 11 heavy (non-hydrogen) atoms. The predicted molar refractivity (Wildman–Crippen MR) is 32.7 cm³/mol. The fourth-order valence-corrected chi connectivity index (χ4v) is 0.964. The molecule has 0 fully saturated rings. The summed E-state index contributed by atoms with van der Waals surface area (Å²) in [5.74, 6) is -2.27. The molecular weight excluding hydrogens is 176 g/mol. The van der Waals surface area contributed by atoms with Crippen LogP contribution in [0.2, 0.25) is 0 Å². The molecule has 0 aromatic carbocycles. The lowest BCUT2D eigenvalue weighted by Gasteiger charge is -2.10. The molecule has 6 nitrogen and oxygen atoms in total. The number of aliphatic hydroxyl groups is 2. The first-order chi connectivity index (χ1) is 4.87. The second-order valence-electron chi connectivity index (χ2n) is 1.86. The second kappa shape index (κ2) is 3.77. The van der Waals surface area contributed by atoms with E-state index in [9.17, 15) is 17.8 Å². The summed E-state index contributed by atoms with van der Waals surface area (Å²) in [6.07, 6.45) is -1.91. The Balaban J connectivity index is 4.09. The summed E-state index contributed by atoms with van der Waals surface area (Å²) in [5.41, 5.74) is 0. The van der Waals surface area contributed by atoms with Gasteiger partial charge < -0.3 is 14.8 Å². The Hall–Kier alpha value is -0.500. The summed E-state index contributed by atoms with van der Waals surface area (Å²) in [5, 5.41) is 16.7. The van der Waals surface area contributed by atoms with Gasteiger partial charge in [0.1, 0.15) is 12.7 Å². The molecule has 0 aromatic rings. The maximum atomic E-state index is 10.3. The molecule has 0 aliphatic heterocycles. The lowest BCUT2D eigenvalue weighted by Crippen LogP contribution is -2.30. The van der Waals surface area contributed by atoms with E-state index in [0.717, 1.165) is 0 Å². The number of Topliss-reactive ketones (excluding diaryl/α,β-unsaturated/α-hetero) is 1. The predicted octanol–water partition coefficient (Wildman–Crippen LogP) is -2.55. The zero-order chi connectivity index (χ0) is 9.07. The van der Waals surface area contributed by atoms with Crippen LogP contribution in [-0.2, 0) is 14.9 Å². The van der Waals surface area contributed by atoms with Crippen molar-refractivity contribution in [1.82, 2.24) is 0 Å². The molecule has 0 saturated heterocycles. The van der Waals surface area contributed by atoms with Crippen molar-refractivity contribution in [2.75, 3.05) is 12.4 Å². The van der Waals surface area contributed by atoms with Crippen LogP contribution >= 0.6 is 0 Å². The zero-order valence-corrected chi connectivity index (χ0v) is 6.24. The van der Waals surface area contributed by atoms with Crippen molar-refractivity contribution >= 4 is 15.9 Å². The van der Waals surface area contributed by atoms with Crippen molar-refractivity contribution < 1.29 is 28.0 Å². The van der Waals surface area contributed by atoms with Gasteiger partial charge in [0, 0.05) is 0 Å². The highest BCUT2D eigenvalue weighted by Crippen LogP contribution is 1.91. The van der Waals surface area contributed by atoms with Crippen LogP contribution in [0.1, 0.15) is 0 Å². The van der Waals surface area contributed by atoms with Crippen LogP contribution in [-0.4, -0.2) is 47.4 Å². The van der Waals surface area contributed by atoms with E-state index in [1.54, 1.807) is 0 Å². The summed E-state index contributed by atoms with van der Waals surface area (Å²) < 4.78 is 29.7. The molecule has 0 spiro atoms. The minimum atomic E-state index is -4.61. The largest absolute Gasteiger partial charge is 0.748 e. The molecule has 0 bridgehead atoms. The first-order valence-corrected chi connectivity index (χ1v) is 4.20. The van der Waals surface area contributed by atoms with E-state index in [4.69, 9.17) is 10.2 Å². The minimum absolute atomic E-state index is 0.976. The van der Waals surface area contributed by atoms with Crippen molar-refractivity contribution in [2.45, 2.75) is 6.10 Å². The van der Waals surface area contributed by atoms with Crippen LogP contribution in [0, 0.1) is 0 Å². The van der Waals surface area contributed by atoms with Crippen LogP contribution in [0.3, 0.4) is 0 Å². The first kappa shape index (κ1) is 10.5. The molecule has 1 atom stereocenters. The Morgan fingerprint density at radius 3 is 2.27 bits per heavy atom. The fraction of sp³-hybridized carbons (Fsp3) is 0.750. The van der Waals surface area contributed by atoms with Crippen LogP contribution in [0.25, 0.3) is 0 Å². The van der Waals surface area contributed by atoms with E-state index in [1.807, 2.05) is 0 Å². The molecular formula is C4H7O6S-. The molecule has 0 aliphatic carbocycles. The summed E-state index contributed by atoms with van der Waals surface area (Å²) >= 11 is 0. The van der Waals surface area contributed by atoms with Gasteiger partial charge in [0.15, 0.2) is 5.78 Å². The van der Waals surface area contributed by atoms with Crippen molar-refractivity contribution in [2.24, 2.45) is 0 Å². The Labute approximate surface area is 63.2 Å². The van der Waals surface area contributed by atoms with Crippen molar-refractivity contribution in [3.63, 3.8) is 0 Å². The lowest BCUT2D eigenvalue weighted by atomic mass is 10.3. The van der Waals surface area contributed by atoms with Gasteiger partial charge in [-0.05, 0) is 0 Å². The SMILES string of the molecule is O=C(CO)[C@H](O)CS(=O)(=O)[O-]. The average Bonchev–Trinajstić information content (AvgIpc) is 1.82. The smallest absolute Gasteiger partial charge is 0.187 e. The van der Waals surface area contributed by atoms with Gasteiger partial charge in [0.05, 0.1) is 15.9 Å². The number of hydrogen-bond donors (Lipinski definition) is 2. The summed E-state index contributed by atoms with van der Waals surface area (Å²) in [6.45, 7) is -0.976. The monoisotopic (exact) mass is 183 g/mol. The van der Waals surface area contributed by atoms with E-state index in [2.05, 4.69) is 0 Å². The number of carbonyl (C=O) groups excluding carboxylic acids is 1. The molecule has 0 rings (SSSR count).